The Morgan fingerprint density at radius 2 is 2.09 bits per heavy atom. The van der Waals surface area contributed by atoms with Gasteiger partial charge < -0.3 is 14.2 Å². The molecule has 1 unspecified atom stereocenters. The first kappa shape index (κ1) is 14.8. The molecule has 2 saturated heterocycles. The monoisotopic (exact) mass is 312 g/mol. The maximum Gasteiger partial charge on any atom is 0.258 e. The van der Waals surface area contributed by atoms with Gasteiger partial charge in [-0.3, -0.25) is 4.79 Å². The summed E-state index contributed by atoms with van der Waals surface area (Å²) in [6, 6.07) is 6.90. The number of nitrogens with zero attached hydrogens (tertiary/aromatic N) is 2. The van der Waals surface area contributed by atoms with Crippen LogP contribution in [0.3, 0.4) is 0 Å². The van der Waals surface area contributed by atoms with Crippen LogP contribution in [0.25, 0.3) is 11.0 Å². The molecule has 2 aromatic rings. The fourth-order valence-electron chi connectivity index (χ4n) is 4.18. The lowest BCUT2D eigenvalue weighted by Gasteiger charge is -2.28. The Labute approximate surface area is 137 Å². The molecule has 2 atom stereocenters. The maximum atomic E-state index is 13.2. The molecule has 4 nitrogen and oxygen atoms in total. The largest absolute Gasteiger partial charge is 0.463 e. The lowest BCUT2D eigenvalue weighted by atomic mass is 10.1. The second-order valence-electron chi connectivity index (χ2n) is 6.98. The van der Waals surface area contributed by atoms with Crippen molar-refractivity contribution in [1.29, 1.82) is 0 Å². The van der Waals surface area contributed by atoms with Crippen LogP contribution in [-0.2, 0) is 6.42 Å². The Kier molecular flexibility index (Phi) is 3.64. The van der Waals surface area contributed by atoms with Crippen molar-refractivity contribution in [3.63, 3.8) is 0 Å². The lowest BCUT2D eigenvalue weighted by Crippen LogP contribution is -2.42. The van der Waals surface area contributed by atoms with Crippen molar-refractivity contribution in [3.05, 3.63) is 35.6 Å². The molecule has 0 spiro atoms. The average molecular weight is 312 g/mol. The van der Waals surface area contributed by atoms with Gasteiger partial charge in [-0.25, -0.2) is 0 Å². The Balaban J connectivity index is 1.71. The van der Waals surface area contributed by atoms with E-state index in [0.29, 0.717) is 12.1 Å². The van der Waals surface area contributed by atoms with Crippen LogP contribution in [0, 0.1) is 0 Å². The van der Waals surface area contributed by atoms with E-state index in [1.54, 1.807) is 6.26 Å². The van der Waals surface area contributed by atoms with Gasteiger partial charge in [-0.2, -0.15) is 0 Å². The first-order valence-corrected chi connectivity index (χ1v) is 8.68. The molecule has 0 saturated carbocycles. The van der Waals surface area contributed by atoms with E-state index in [2.05, 4.69) is 35.9 Å². The number of aryl methyl sites for hydroxylation is 1. The second-order valence-corrected chi connectivity index (χ2v) is 6.98. The number of amides is 1. The van der Waals surface area contributed by atoms with Crippen molar-refractivity contribution in [3.8, 4) is 0 Å². The molecule has 4 heteroatoms. The molecule has 2 bridgehead atoms. The summed E-state index contributed by atoms with van der Waals surface area (Å²) in [7, 11) is 2.16. The predicted octanol–water partition coefficient (Wildman–Crippen LogP) is 3.30. The molecule has 122 valence electrons. The number of furan rings is 1. The van der Waals surface area contributed by atoms with E-state index in [1.165, 1.54) is 5.56 Å². The molecule has 1 amide bonds. The number of fused-ring (bicyclic) bond motifs is 3. The Morgan fingerprint density at radius 1 is 1.26 bits per heavy atom. The summed E-state index contributed by atoms with van der Waals surface area (Å²) in [4.78, 5) is 17.7. The number of benzene rings is 1. The van der Waals surface area contributed by atoms with Gasteiger partial charge >= 0.3 is 0 Å². The number of carbonyl (C=O) groups is 1. The van der Waals surface area contributed by atoms with Gasteiger partial charge in [0.25, 0.3) is 5.91 Å². The highest BCUT2D eigenvalue weighted by atomic mass is 16.3. The van der Waals surface area contributed by atoms with Gasteiger partial charge in [-0.15, -0.1) is 0 Å². The Morgan fingerprint density at radius 3 is 2.91 bits per heavy atom. The minimum atomic E-state index is 0.153. The fourth-order valence-corrected chi connectivity index (χ4v) is 4.18. The summed E-state index contributed by atoms with van der Waals surface area (Å²) >= 11 is 0. The first-order chi connectivity index (χ1) is 11.2. The highest BCUT2D eigenvalue weighted by molar-refractivity contribution is 6.06. The Hall–Kier alpha value is -1.81. The van der Waals surface area contributed by atoms with E-state index in [1.807, 2.05) is 6.07 Å². The van der Waals surface area contributed by atoms with E-state index < -0.39 is 0 Å². The quantitative estimate of drug-likeness (QED) is 0.854. The summed E-state index contributed by atoms with van der Waals surface area (Å²) in [5.74, 6) is 0.153. The zero-order chi connectivity index (χ0) is 16.0. The van der Waals surface area contributed by atoms with Crippen LogP contribution in [0.2, 0.25) is 0 Å². The standard InChI is InChI=1S/C19H24N2O2/c1-3-13-4-7-18-16(10-13)17(12-23-18)19(22)21-14-5-6-15(21)11-20(2)9-8-14/h4,7,10,12,14-15H,3,5-6,8-9,11H2,1-2H3/t14?,15-/m1/s1. The molecule has 1 aromatic heterocycles. The van der Waals surface area contributed by atoms with Crippen molar-refractivity contribution >= 4 is 16.9 Å². The summed E-state index contributed by atoms with van der Waals surface area (Å²) in [5.41, 5.74) is 2.79. The van der Waals surface area contributed by atoms with Crippen LogP contribution in [0.5, 0.6) is 0 Å². The van der Waals surface area contributed by atoms with Crippen molar-refractivity contribution in [2.75, 3.05) is 20.1 Å². The van der Waals surface area contributed by atoms with E-state index >= 15 is 0 Å². The zero-order valence-corrected chi connectivity index (χ0v) is 13.9. The normalized spacial score (nSPS) is 25.0. The molecular weight excluding hydrogens is 288 g/mol. The van der Waals surface area contributed by atoms with Crippen LogP contribution in [0.4, 0.5) is 0 Å². The molecule has 2 aliphatic rings. The summed E-state index contributed by atoms with van der Waals surface area (Å²) < 4.78 is 5.65. The van der Waals surface area contributed by atoms with Crippen molar-refractivity contribution < 1.29 is 9.21 Å². The highest BCUT2D eigenvalue weighted by Gasteiger charge is 2.40. The van der Waals surface area contributed by atoms with E-state index in [4.69, 9.17) is 4.42 Å². The van der Waals surface area contributed by atoms with E-state index in [9.17, 15) is 4.79 Å². The van der Waals surface area contributed by atoms with Gasteiger partial charge in [-0.05, 0) is 57.0 Å². The highest BCUT2D eigenvalue weighted by Crippen LogP contribution is 2.33. The molecular formula is C19H24N2O2. The molecule has 0 radical (unpaired) electrons. The third-order valence-corrected chi connectivity index (χ3v) is 5.50. The summed E-state index contributed by atoms with van der Waals surface area (Å²) in [6.45, 7) is 4.20. The minimum absolute atomic E-state index is 0.153. The van der Waals surface area contributed by atoms with Gasteiger partial charge in [0.2, 0.25) is 0 Å². The molecule has 2 fully saturated rings. The smallest absolute Gasteiger partial charge is 0.258 e. The van der Waals surface area contributed by atoms with Gasteiger partial charge in [0.1, 0.15) is 11.8 Å². The fraction of sp³-hybridized carbons (Fsp3) is 0.526. The summed E-state index contributed by atoms with van der Waals surface area (Å²) in [5, 5.41) is 0.964. The van der Waals surface area contributed by atoms with E-state index in [-0.39, 0.29) is 5.91 Å². The second kappa shape index (κ2) is 5.68. The van der Waals surface area contributed by atoms with Crippen molar-refractivity contribution in [2.45, 2.75) is 44.7 Å². The average Bonchev–Trinajstić information content (AvgIpc) is 3.10. The van der Waals surface area contributed by atoms with Gasteiger partial charge in [0.15, 0.2) is 0 Å². The zero-order valence-electron chi connectivity index (χ0n) is 13.9. The number of likely N-dealkylation sites (tertiary alicyclic amines) is 1. The molecule has 1 aromatic carbocycles. The number of rotatable bonds is 2. The van der Waals surface area contributed by atoms with Gasteiger partial charge in [0.05, 0.1) is 5.56 Å². The van der Waals surface area contributed by atoms with Crippen LogP contribution in [0.1, 0.15) is 42.1 Å². The number of likely N-dealkylation sites (N-methyl/N-ethyl adjacent to an activating group) is 1. The molecule has 4 rings (SSSR count). The third kappa shape index (κ3) is 2.45. The van der Waals surface area contributed by atoms with Crippen LogP contribution >= 0.6 is 0 Å². The van der Waals surface area contributed by atoms with Crippen molar-refractivity contribution in [1.82, 2.24) is 9.80 Å². The molecule has 23 heavy (non-hydrogen) atoms. The van der Waals surface area contributed by atoms with Crippen LogP contribution in [0.15, 0.2) is 28.9 Å². The molecule has 0 N–H and O–H groups in total. The number of hydrogen-bond acceptors (Lipinski definition) is 3. The maximum absolute atomic E-state index is 13.2. The summed E-state index contributed by atoms with van der Waals surface area (Å²) in [6.07, 6.45) is 5.96. The number of hydrogen-bond donors (Lipinski definition) is 0. The SMILES string of the molecule is CCc1ccc2occ(C(=O)N3C4CC[C@@H]3CN(C)CC4)c2c1. The van der Waals surface area contributed by atoms with Crippen molar-refractivity contribution in [2.24, 2.45) is 0 Å². The number of carbonyl (C=O) groups excluding carboxylic acids is 1. The van der Waals surface area contributed by atoms with Gasteiger partial charge in [0, 0.05) is 24.0 Å². The molecule has 0 aliphatic carbocycles. The first-order valence-electron chi connectivity index (χ1n) is 8.68. The molecule has 2 aliphatic heterocycles. The van der Waals surface area contributed by atoms with Crippen LogP contribution in [-0.4, -0.2) is 47.9 Å². The van der Waals surface area contributed by atoms with Gasteiger partial charge in [-0.1, -0.05) is 13.0 Å². The third-order valence-electron chi connectivity index (χ3n) is 5.50. The topological polar surface area (TPSA) is 36.7 Å². The lowest BCUT2D eigenvalue weighted by molar-refractivity contribution is 0.0674. The van der Waals surface area contributed by atoms with E-state index in [0.717, 1.165) is 55.3 Å². The molecule has 3 heterocycles. The Bertz CT molecular complexity index is 736. The predicted molar refractivity (Wildman–Crippen MR) is 90.7 cm³/mol. The minimum Gasteiger partial charge on any atom is -0.463 e. The van der Waals surface area contributed by atoms with Crippen LogP contribution < -0.4 is 0 Å².